The Kier molecular flexibility index (Phi) is 4.78. The van der Waals surface area contributed by atoms with E-state index in [-0.39, 0.29) is 16.7 Å². The summed E-state index contributed by atoms with van der Waals surface area (Å²) in [5.41, 5.74) is 3.97. The second kappa shape index (κ2) is 7.09. The maximum Gasteiger partial charge on any atom is 0.240 e. The van der Waals surface area contributed by atoms with Crippen molar-refractivity contribution in [2.75, 3.05) is 18.0 Å². The molecule has 0 bridgehead atoms. The van der Waals surface area contributed by atoms with Gasteiger partial charge in [-0.3, -0.25) is 4.79 Å². The van der Waals surface area contributed by atoms with Crippen molar-refractivity contribution in [3.05, 3.63) is 59.2 Å². The van der Waals surface area contributed by atoms with E-state index in [1.165, 1.54) is 5.56 Å². The zero-order valence-electron chi connectivity index (χ0n) is 15.4. The molecule has 0 radical (unpaired) electrons. The van der Waals surface area contributed by atoms with Crippen LogP contribution in [0, 0.1) is 0 Å². The summed E-state index contributed by atoms with van der Waals surface area (Å²) in [5.74, 6) is -0.193. The highest BCUT2D eigenvalue weighted by Crippen LogP contribution is 2.43. The predicted molar refractivity (Wildman–Crippen MR) is 105 cm³/mol. The number of benzene rings is 2. The first-order valence-corrected chi connectivity index (χ1v) is 11.0. The van der Waals surface area contributed by atoms with Gasteiger partial charge in [-0.1, -0.05) is 30.3 Å². The monoisotopic (exact) mass is 384 g/mol. The average molecular weight is 385 g/mol. The van der Waals surface area contributed by atoms with Gasteiger partial charge in [-0.15, -0.1) is 0 Å². The Morgan fingerprint density at radius 3 is 2.74 bits per heavy atom. The SMILES string of the molecule is C[C@H]1C(=O)N2CCCc3cc(S(=O)(=O)NCCCc4ccccc4)cc1c32. The van der Waals surface area contributed by atoms with Crippen molar-refractivity contribution in [3.8, 4) is 0 Å². The lowest BCUT2D eigenvalue weighted by molar-refractivity contribution is -0.119. The number of carbonyl (C=O) groups excluding carboxylic acids is 1. The van der Waals surface area contributed by atoms with Gasteiger partial charge in [0.1, 0.15) is 0 Å². The summed E-state index contributed by atoms with van der Waals surface area (Å²) < 4.78 is 28.3. The van der Waals surface area contributed by atoms with Gasteiger partial charge >= 0.3 is 0 Å². The number of sulfonamides is 1. The van der Waals surface area contributed by atoms with Gasteiger partial charge in [-0.2, -0.15) is 0 Å². The Bertz CT molecular complexity index is 970. The molecule has 0 aromatic heterocycles. The van der Waals surface area contributed by atoms with Gasteiger partial charge in [0.2, 0.25) is 15.9 Å². The number of nitrogens with zero attached hydrogens (tertiary/aromatic N) is 1. The summed E-state index contributed by atoms with van der Waals surface area (Å²) in [6, 6.07) is 13.5. The largest absolute Gasteiger partial charge is 0.311 e. The van der Waals surface area contributed by atoms with Crippen LogP contribution in [0.1, 0.15) is 42.4 Å². The Labute approximate surface area is 160 Å². The van der Waals surface area contributed by atoms with Crippen LogP contribution in [0.4, 0.5) is 5.69 Å². The van der Waals surface area contributed by atoms with Gasteiger partial charge in [-0.25, -0.2) is 13.1 Å². The minimum atomic E-state index is -3.58. The molecule has 27 heavy (non-hydrogen) atoms. The smallest absolute Gasteiger partial charge is 0.240 e. The molecule has 2 aromatic rings. The number of amides is 1. The van der Waals surface area contributed by atoms with Crippen molar-refractivity contribution in [2.24, 2.45) is 0 Å². The van der Waals surface area contributed by atoms with Crippen LogP contribution in [-0.4, -0.2) is 27.4 Å². The van der Waals surface area contributed by atoms with Gasteiger partial charge in [0, 0.05) is 13.1 Å². The van der Waals surface area contributed by atoms with Crippen molar-refractivity contribution < 1.29 is 13.2 Å². The minimum absolute atomic E-state index is 0.0799. The molecular formula is C21H24N2O3S. The third kappa shape index (κ3) is 3.39. The normalized spacial score (nSPS) is 18.6. The topological polar surface area (TPSA) is 66.5 Å². The summed E-state index contributed by atoms with van der Waals surface area (Å²) in [5, 5.41) is 0. The van der Waals surface area contributed by atoms with Crippen LogP contribution in [0.5, 0.6) is 0 Å². The third-order valence-corrected chi connectivity index (χ3v) is 6.92. The Hall–Kier alpha value is -2.18. The molecule has 6 heteroatoms. The number of hydrogen-bond donors (Lipinski definition) is 1. The van der Waals surface area contributed by atoms with Gasteiger partial charge in [-0.05, 0) is 61.4 Å². The zero-order chi connectivity index (χ0) is 19.0. The molecule has 0 unspecified atom stereocenters. The Morgan fingerprint density at radius 1 is 1.19 bits per heavy atom. The molecule has 0 aliphatic carbocycles. The standard InChI is InChI=1S/C21H24N2O3S/c1-15-19-14-18(13-17-10-6-12-23(20(17)19)21(15)24)27(25,26)22-11-5-9-16-7-3-2-4-8-16/h2-4,7-8,13-15,22H,5-6,9-12H2,1H3/t15-/m1/s1. The van der Waals surface area contributed by atoms with Gasteiger partial charge in [0.15, 0.2) is 0 Å². The summed E-state index contributed by atoms with van der Waals surface area (Å²) in [6.07, 6.45) is 3.26. The Morgan fingerprint density at radius 2 is 1.96 bits per heavy atom. The molecule has 1 amide bonds. The van der Waals surface area contributed by atoms with Crippen LogP contribution in [0.2, 0.25) is 0 Å². The molecule has 2 aliphatic rings. The molecule has 0 fully saturated rings. The quantitative estimate of drug-likeness (QED) is 0.779. The molecule has 2 aromatic carbocycles. The molecular weight excluding hydrogens is 360 g/mol. The summed E-state index contributed by atoms with van der Waals surface area (Å²) in [4.78, 5) is 14.5. The molecule has 5 nitrogen and oxygen atoms in total. The fourth-order valence-corrected chi connectivity index (χ4v) is 5.21. The van der Waals surface area contributed by atoms with Gasteiger partial charge < -0.3 is 4.90 Å². The van der Waals surface area contributed by atoms with Crippen molar-refractivity contribution in [3.63, 3.8) is 0 Å². The molecule has 0 spiro atoms. The molecule has 2 aliphatic heterocycles. The molecule has 0 saturated carbocycles. The number of nitrogens with one attached hydrogen (secondary N) is 1. The number of aryl methyl sites for hydroxylation is 2. The fourth-order valence-electron chi connectivity index (χ4n) is 4.05. The van der Waals surface area contributed by atoms with Crippen LogP contribution < -0.4 is 9.62 Å². The zero-order valence-corrected chi connectivity index (χ0v) is 16.3. The van der Waals surface area contributed by atoms with E-state index in [0.717, 1.165) is 49.0 Å². The minimum Gasteiger partial charge on any atom is -0.311 e. The van der Waals surface area contributed by atoms with Crippen molar-refractivity contribution in [1.82, 2.24) is 4.72 Å². The highest BCUT2D eigenvalue weighted by Gasteiger charge is 2.38. The molecule has 4 rings (SSSR count). The van der Waals surface area contributed by atoms with Crippen LogP contribution >= 0.6 is 0 Å². The van der Waals surface area contributed by atoms with E-state index >= 15 is 0 Å². The van der Waals surface area contributed by atoms with E-state index < -0.39 is 10.0 Å². The van der Waals surface area contributed by atoms with Crippen molar-refractivity contribution >= 4 is 21.6 Å². The second-order valence-electron chi connectivity index (χ2n) is 7.32. The lowest BCUT2D eigenvalue weighted by atomic mass is 9.97. The first kappa shape index (κ1) is 18.2. The van der Waals surface area contributed by atoms with Gasteiger partial charge in [0.25, 0.3) is 0 Å². The highest BCUT2D eigenvalue weighted by molar-refractivity contribution is 7.89. The maximum absolute atomic E-state index is 12.8. The molecule has 1 atom stereocenters. The lowest BCUT2D eigenvalue weighted by Crippen LogP contribution is -2.32. The number of carbonyl (C=O) groups is 1. The lowest BCUT2D eigenvalue weighted by Gasteiger charge is -2.26. The predicted octanol–water partition coefficient (Wildman–Crippen LogP) is 2.99. The van der Waals surface area contributed by atoms with Crippen molar-refractivity contribution in [1.29, 1.82) is 0 Å². The highest BCUT2D eigenvalue weighted by atomic mass is 32.2. The van der Waals surface area contributed by atoms with Crippen LogP contribution in [0.3, 0.4) is 0 Å². The van der Waals surface area contributed by atoms with Crippen molar-refractivity contribution in [2.45, 2.75) is 43.4 Å². The number of anilines is 1. The fraction of sp³-hybridized carbons (Fsp3) is 0.381. The maximum atomic E-state index is 12.8. The summed E-state index contributed by atoms with van der Waals surface area (Å²) >= 11 is 0. The molecule has 1 N–H and O–H groups in total. The van der Waals surface area contributed by atoms with E-state index in [1.54, 1.807) is 12.1 Å². The number of hydrogen-bond acceptors (Lipinski definition) is 3. The second-order valence-corrected chi connectivity index (χ2v) is 9.09. The average Bonchev–Trinajstić information content (AvgIpc) is 2.93. The third-order valence-electron chi connectivity index (χ3n) is 5.48. The first-order valence-electron chi connectivity index (χ1n) is 9.49. The molecule has 142 valence electrons. The molecule has 0 saturated heterocycles. The van der Waals surface area contributed by atoms with Crippen LogP contribution in [0.25, 0.3) is 0 Å². The van der Waals surface area contributed by atoms with E-state index in [2.05, 4.69) is 4.72 Å². The number of rotatable bonds is 6. The van der Waals surface area contributed by atoms with Gasteiger partial charge in [0.05, 0.1) is 16.5 Å². The molecule has 2 heterocycles. The van der Waals surface area contributed by atoms with E-state index in [1.807, 2.05) is 42.2 Å². The first-order chi connectivity index (χ1) is 13.0. The van der Waals surface area contributed by atoms with E-state index in [9.17, 15) is 13.2 Å². The van der Waals surface area contributed by atoms with Crippen LogP contribution in [0.15, 0.2) is 47.4 Å². The summed E-state index contributed by atoms with van der Waals surface area (Å²) in [6.45, 7) is 2.98. The van der Waals surface area contributed by atoms with E-state index in [0.29, 0.717) is 6.54 Å². The van der Waals surface area contributed by atoms with Crippen LogP contribution in [-0.2, 0) is 27.7 Å². The Balaban J connectivity index is 1.50. The van der Waals surface area contributed by atoms with E-state index in [4.69, 9.17) is 0 Å². The summed E-state index contributed by atoms with van der Waals surface area (Å²) in [7, 11) is -3.58.